The summed E-state index contributed by atoms with van der Waals surface area (Å²) in [4.78, 5) is 0. The summed E-state index contributed by atoms with van der Waals surface area (Å²) in [5, 5.41) is 3.52. The van der Waals surface area contributed by atoms with E-state index in [4.69, 9.17) is 4.74 Å². The van der Waals surface area contributed by atoms with Gasteiger partial charge in [0.15, 0.2) is 0 Å². The molecule has 0 saturated carbocycles. The Morgan fingerprint density at radius 3 is 2.95 bits per heavy atom. The van der Waals surface area contributed by atoms with Crippen LogP contribution in [0.2, 0.25) is 0 Å². The largest absolute Gasteiger partial charge is 0.494 e. The van der Waals surface area contributed by atoms with Crippen molar-refractivity contribution in [2.45, 2.75) is 19.3 Å². The van der Waals surface area contributed by atoms with E-state index in [9.17, 15) is 0 Å². The molecule has 0 aromatic heterocycles. The second-order valence-electron chi connectivity index (χ2n) is 4.94. The van der Waals surface area contributed by atoms with Crippen molar-refractivity contribution in [2.24, 2.45) is 0 Å². The zero-order chi connectivity index (χ0) is 13.1. The van der Waals surface area contributed by atoms with E-state index in [0.29, 0.717) is 5.92 Å². The Morgan fingerprint density at radius 2 is 2.05 bits per heavy atom. The fraction of sp³-hybridized carbons (Fsp3) is 0.294. The van der Waals surface area contributed by atoms with Crippen LogP contribution in [0.1, 0.15) is 24.0 Å². The lowest BCUT2D eigenvalue weighted by Crippen LogP contribution is -2.21. The molecular formula is C17H19NO. The first-order chi connectivity index (χ1) is 9.36. The fourth-order valence-corrected chi connectivity index (χ4v) is 2.70. The van der Waals surface area contributed by atoms with E-state index in [2.05, 4.69) is 47.8 Å². The molecule has 0 radical (unpaired) electrons. The molecule has 2 aromatic carbocycles. The van der Waals surface area contributed by atoms with Gasteiger partial charge < -0.3 is 10.1 Å². The number of rotatable bonds is 3. The molecule has 1 aliphatic heterocycles. The molecule has 1 atom stereocenters. The van der Waals surface area contributed by atoms with E-state index in [1.807, 2.05) is 13.0 Å². The van der Waals surface area contributed by atoms with Crippen LogP contribution in [0, 0.1) is 0 Å². The first-order valence-electron chi connectivity index (χ1n) is 6.91. The highest BCUT2D eigenvalue weighted by Gasteiger charge is 2.19. The predicted octanol–water partition coefficient (Wildman–Crippen LogP) is 3.84. The summed E-state index contributed by atoms with van der Waals surface area (Å²) in [5.41, 5.74) is 4.04. The molecule has 98 valence electrons. The van der Waals surface area contributed by atoms with E-state index < -0.39 is 0 Å². The van der Waals surface area contributed by atoms with Crippen LogP contribution in [0.15, 0.2) is 48.5 Å². The second kappa shape index (κ2) is 5.35. The number of para-hydroxylation sites is 1. The summed E-state index contributed by atoms with van der Waals surface area (Å²) in [6.45, 7) is 3.73. The van der Waals surface area contributed by atoms with E-state index >= 15 is 0 Å². The van der Waals surface area contributed by atoms with Crippen LogP contribution in [0.5, 0.6) is 5.75 Å². The molecule has 0 saturated heterocycles. The fourth-order valence-electron chi connectivity index (χ4n) is 2.70. The van der Waals surface area contributed by atoms with Gasteiger partial charge in [0.1, 0.15) is 5.75 Å². The lowest BCUT2D eigenvalue weighted by atomic mass is 9.88. The van der Waals surface area contributed by atoms with Gasteiger partial charge >= 0.3 is 0 Å². The average Bonchev–Trinajstić information content (AvgIpc) is 2.47. The first-order valence-corrected chi connectivity index (χ1v) is 6.91. The smallest absolute Gasteiger partial charge is 0.119 e. The Hall–Kier alpha value is -1.96. The number of hydrogen-bond acceptors (Lipinski definition) is 2. The van der Waals surface area contributed by atoms with Gasteiger partial charge in [0.2, 0.25) is 0 Å². The molecule has 1 aliphatic rings. The Balaban J connectivity index is 1.82. The van der Waals surface area contributed by atoms with Gasteiger partial charge in [-0.05, 0) is 42.7 Å². The summed E-state index contributed by atoms with van der Waals surface area (Å²) in [5.74, 6) is 1.49. The Morgan fingerprint density at radius 1 is 1.16 bits per heavy atom. The van der Waals surface area contributed by atoms with Gasteiger partial charge in [-0.15, -0.1) is 0 Å². The number of ether oxygens (including phenoxy) is 1. The summed E-state index contributed by atoms with van der Waals surface area (Å²) in [7, 11) is 0. The minimum absolute atomic E-state index is 0.523. The monoisotopic (exact) mass is 253 g/mol. The van der Waals surface area contributed by atoms with Crippen molar-refractivity contribution in [3.63, 3.8) is 0 Å². The van der Waals surface area contributed by atoms with E-state index in [0.717, 1.165) is 25.3 Å². The van der Waals surface area contributed by atoms with Gasteiger partial charge in [-0.1, -0.05) is 30.3 Å². The van der Waals surface area contributed by atoms with Gasteiger partial charge in [0, 0.05) is 18.2 Å². The maximum Gasteiger partial charge on any atom is 0.119 e. The first kappa shape index (κ1) is 12.1. The lowest BCUT2D eigenvalue weighted by Gasteiger charge is -2.26. The third-order valence-corrected chi connectivity index (χ3v) is 3.66. The standard InChI is InChI=1S/C17H19NO/c1-2-19-16-8-5-7-13(11-16)15-10-14-6-3-4-9-17(14)18-12-15/h3-9,11,15,18H,2,10,12H2,1H3. The van der Waals surface area contributed by atoms with Crippen molar-refractivity contribution in [3.05, 3.63) is 59.7 Å². The highest BCUT2D eigenvalue weighted by atomic mass is 16.5. The van der Waals surface area contributed by atoms with Crippen molar-refractivity contribution < 1.29 is 4.74 Å². The van der Waals surface area contributed by atoms with E-state index in [1.165, 1.54) is 16.8 Å². The molecule has 0 aliphatic carbocycles. The number of benzene rings is 2. The van der Waals surface area contributed by atoms with Gasteiger partial charge in [-0.2, -0.15) is 0 Å². The van der Waals surface area contributed by atoms with Crippen molar-refractivity contribution in [1.82, 2.24) is 0 Å². The van der Waals surface area contributed by atoms with Crippen LogP contribution in [0.25, 0.3) is 0 Å². The zero-order valence-corrected chi connectivity index (χ0v) is 11.2. The van der Waals surface area contributed by atoms with Crippen molar-refractivity contribution >= 4 is 5.69 Å². The molecule has 3 rings (SSSR count). The molecule has 1 N–H and O–H groups in total. The minimum Gasteiger partial charge on any atom is -0.494 e. The number of anilines is 1. The average molecular weight is 253 g/mol. The molecule has 1 unspecified atom stereocenters. The maximum absolute atomic E-state index is 5.59. The normalized spacial score (nSPS) is 17.4. The van der Waals surface area contributed by atoms with Crippen molar-refractivity contribution in [3.8, 4) is 5.75 Å². The van der Waals surface area contributed by atoms with Crippen LogP contribution in [0.4, 0.5) is 5.69 Å². The third-order valence-electron chi connectivity index (χ3n) is 3.66. The number of nitrogens with one attached hydrogen (secondary N) is 1. The highest BCUT2D eigenvalue weighted by molar-refractivity contribution is 5.54. The molecule has 2 aromatic rings. The summed E-state index contributed by atoms with van der Waals surface area (Å²) < 4.78 is 5.59. The minimum atomic E-state index is 0.523. The molecule has 1 heterocycles. The van der Waals surface area contributed by atoms with Crippen LogP contribution in [0.3, 0.4) is 0 Å². The second-order valence-corrected chi connectivity index (χ2v) is 4.94. The van der Waals surface area contributed by atoms with Crippen LogP contribution < -0.4 is 10.1 Å². The van der Waals surface area contributed by atoms with Gasteiger partial charge in [-0.3, -0.25) is 0 Å². The molecule has 2 heteroatoms. The number of hydrogen-bond donors (Lipinski definition) is 1. The van der Waals surface area contributed by atoms with Crippen LogP contribution in [-0.4, -0.2) is 13.2 Å². The highest BCUT2D eigenvalue weighted by Crippen LogP contribution is 2.31. The van der Waals surface area contributed by atoms with Gasteiger partial charge in [-0.25, -0.2) is 0 Å². The van der Waals surface area contributed by atoms with E-state index in [1.54, 1.807) is 0 Å². The van der Waals surface area contributed by atoms with Crippen LogP contribution in [-0.2, 0) is 6.42 Å². The Kier molecular flexibility index (Phi) is 3.41. The SMILES string of the molecule is CCOc1cccc(C2CNc3ccccc3C2)c1. The zero-order valence-electron chi connectivity index (χ0n) is 11.2. The molecular weight excluding hydrogens is 234 g/mol. The number of fused-ring (bicyclic) bond motifs is 1. The summed E-state index contributed by atoms with van der Waals surface area (Å²) >= 11 is 0. The Bertz CT molecular complexity index is 565. The molecule has 0 fully saturated rings. The predicted molar refractivity (Wildman–Crippen MR) is 79.0 cm³/mol. The summed E-state index contributed by atoms with van der Waals surface area (Å²) in [6.07, 6.45) is 1.10. The molecule has 2 nitrogen and oxygen atoms in total. The molecule has 19 heavy (non-hydrogen) atoms. The quantitative estimate of drug-likeness (QED) is 0.897. The maximum atomic E-state index is 5.59. The lowest BCUT2D eigenvalue weighted by molar-refractivity contribution is 0.339. The van der Waals surface area contributed by atoms with E-state index in [-0.39, 0.29) is 0 Å². The topological polar surface area (TPSA) is 21.3 Å². The van der Waals surface area contributed by atoms with Gasteiger partial charge in [0.05, 0.1) is 6.61 Å². The van der Waals surface area contributed by atoms with Gasteiger partial charge in [0.25, 0.3) is 0 Å². The Labute approximate surface area is 114 Å². The third kappa shape index (κ3) is 2.58. The van der Waals surface area contributed by atoms with Crippen molar-refractivity contribution in [2.75, 3.05) is 18.5 Å². The van der Waals surface area contributed by atoms with Crippen LogP contribution >= 0.6 is 0 Å². The molecule has 0 bridgehead atoms. The van der Waals surface area contributed by atoms with Crippen molar-refractivity contribution in [1.29, 1.82) is 0 Å². The molecule has 0 amide bonds. The summed E-state index contributed by atoms with van der Waals surface area (Å²) in [6, 6.07) is 17.0. The molecule has 0 spiro atoms.